The van der Waals surface area contributed by atoms with E-state index in [1.807, 2.05) is 63.2 Å². The normalized spacial score (nSPS) is 11.4. The molecular formula is C26H36N2O5. The number of hydrogen-bond donors (Lipinski definition) is 1. The summed E-state index contributed by atoms with van der Waals surface area (Å²) in [6.45, 7) is 9.41. The van der Waals surface area contributed by atoms with Crippen LogP contribution >= 0.6 is 0 Å². The van der Waals surface area contributed by atoms with Gasteiger partial charge in [-0.05, 0) is 69.5 Å². The van der Waals surface area contributed by atoms with Crippen LogP contribution in [0.25, 0.3) is 0 Å². The predicted molar refractivity (Wildman–Crippen MR) is 129 cm³/mol. The van der Waals surface area contributed by atoms with Gasteiger partial charge in [-0.1, -0.05) is 18.2 Å². The third-order valence-corrected chi connectivity index (χ3v) is 5.27. The summed E-state index contributed by atoms with van der Waals surface area (Å²) >= 11 is 0. The Morgan fingerprint density at radius 3 is 2.18 bits per heavy atom. The van der Waals surface area contributed by atoms with E-state index in [9.17, 15) is 9.59 Å². The summed E-state index contributed by atoms with van der Waals surface area (Å²) in [5, 5.41) is 2.81. The molecule has 0 aliphatic rings. The Labute approximate surface area is 197 Å². The van der Waals surface area contributed by atoms with E-state index in [0.29, 0.717) is 44.2 Å². The highest BCUT2D eigenvalue weighted by Gasteiger charge is 2.25. The molecule has 2 rings (SSSR count). The molecule has 0 fully saturated rings. The lowest BCUT2D eigenvalue weighted by Gasteiger charge is -2.29. The molecule has 2 aromatic rings. The topological polar surface area (TPSA) is 77.1 Å². The van der Waals surface area contributed by atoms with E-state index < -0.39 is 6.04 Å². The Hall–Kier alpha value is -3.22. The molecule has 0 aliphatic heterocycles. The molecule has 2 aromatic carbocycles. The maximum atomic E-state index is 13.2. The third kappa shape index (κ3) is 7.70. The first-order valence-electron chi connectivity index (χ1n) is 11.5. The van der Waals surface area contributed by atoms with E-state index in [1.54, 1.807) is 18.9 Å². The standard InChI is InChI=1S/C26H36N2O5/c1-6-27-26(30)19(4)28(18-21-9-13-22(31-5)14-10-21)25(29)16-12-20-11-15-23(32-7-2)24(17-20)33-8-3/h9-11,13-15,17,19H,6-8,12,16,18H2,1-5H3,(H,27,30). The van der Waals surface area contributed by atoms with Gasteiger partial charge in [-0.3, -0.25) is 9.59 Å². The number of likely N-dealkylation sites (N-methyl/N-ethyl adjacent to an activating group) is 1. The lowest BCUT2D eigenvalue weighted by molar-refractivity contribution is -0.140. The average Bonchev–Trinajstić information content (AvgIpc) is 2.82. The van der Waals surface area contributed by atoms with Crippen molar-refractivity contribution < 1.29 is 23.8 Å². The van der Waals surface area contributed by atoms with Crippen LogP contribution in [-0.4, -0.2) is 49.6 Å². The van der Waals surface area contributed by atoms with E-state index in [1.165, 1.54) is 0 Å². The number of nitrogens with one attached hydrogen (secondary N) is 1. The van der Waals surface area contributed by atoms with E-state index >= 15 is 0 Å². The molecule has 0 spiro atoms. The van der Waals surface area contributed by atoms with Gasteiger partial charge in [0.05, 0.1) is 20.3 Å². The maximum Gasteiger partial charge on any atom is 0.242 e. The van der Waals surface area contributed by atoms with Gasteiger partial charge >= 0.3 is 0 Å². The number of ether oxygens (including phenoxy) is 3. The summed E-state index contributed by atoms with van der Waals surface area (Å²) in [7, 11) is 1.61. The van der Waals surface area contributed by atoms with Gasteiger partial charge in [-0.25, -0.2) is 0 Å². The van der Waals surface area contributed by atoms with Gasteiger partial charge in [0.1, 0.15) is 11.8 Å². The van der Waals surface area contributed by atoms with Crippen LogP contribution < -0.4 is 19.5 Å². The highest BCUT2D eigenvalue weighted by molar-refractivity contribution is 5.87. The molecule has 7 heteroatoms. The van der Waals surface area contributed by atoms with Gasteiger partial charge in [-0.2, -0.15) is 0 Å². The van der Waals surface area contributed by atoms with Crippen LogP contribution in [0.3, 0.4) is 0 Å². The van der Waals surface area contributed by atoms with Crippen LogP contribution in [0.15, 0.2) is 42.5 Å². The molecule has 180 valence electrons. The second-order valence-electron chi connectivity index (χ2n) is 7.59. The number of nitrogens with zero attached hydrogens (tertiary/aromatic N) is 1. The molecule has 0 radical (unpaired) electrons. The SMILES string of the molecule is CCNC(=O)C(C)N(Cc1ccc(OC)cc1)C(=O)CCc1ccc(OCC)c(OCC)c1. The lowest BCUT2D eigenvalue weighted by Crippen LogP contribution is -2.47. The fourth-order valence-electron chi connectivity index (χ4n) is 3.48. The van der Waals surface area contributed by atoms with Crippen LogP contribution in [0.1, 0.15) is 45.2 Å². The van der Waals surface area contributed by atoms with Crippen molar-refractivity contribution in [3.8, 4) is 17.2 Å². The van der Waals surface area contributed by atoms with Crippen molar-refractivity contribution in [2.75, 3.05) is 26.9 Å². The van der Waals surface area contributed by atoms with Crippen molar-refractivity contribution in [1.82, 2.24) is 10.2 Å². The molecule has 2 amide bonds. The summed E-state index contributed by atoms with van der Waals surface area (Å²) in [6, 6.07) is 12.7. The minimum absolute atomic E-state index is 0.0867. The van der Waals surface area contributed by atoms with Crippen molar-refractivity contribution in [2.24, 2.45) is 0 Å². The number of aryl methyl sites for hydroxylation is 1. The molecule has 0 aromatic heterocycles. The van der Waals surface area contributed by atoms with Crippen LogP contribution in [0.4, 0.5) is 0 Å². The number of methoxy groups -OCH3 is 1. The molecular weight excluding hydrogens is 420 g/mol. The Bertz CT molecular complexity index is 898. The van der Waals surface area contributed by atoms with Crippen LogP contribution in [0.5, 0.6) is 17.2 Å². The fraction of sp³-hybridized carbons (Fsp3) is 0.462. The first kappa shape index (κ1) is 26.0. The zero-order valence-electron chi connectivity index (χ0n) is 20.3. The monoisotopic (exact) mass is 456 g/mol. The Morgan fingerprint density at radius 2 is 1.58 bits per heavy atom. The molecule has 7 nitrogen and oxygen atoms in total. The van der Waals surface area contributed by atoms with Gasteiger partial charge in [0.25, 0.3) is 0 Å². The molecule has 1 N–H and O–H groups in total. The van der Waals surface area contributed by atoms with E-state index in [0.717, 1.165) is 16.9 Å². The van der Waals surface area contributed by atoms with E-state index in [-0.39, 0.29) is 18.2 Å². The highest BCUT2D eigenvalue weighted by atomic mass is 16.5. The van der Waals surface area contributed by atoms with E-state index in [2.05, 4.69) is 5.32 Å². The Morgan fingerprint density at radius 1 is 0.939 bits per heavy atom. The Balaban J connectivity index is 2.16. The number of carbonyl (C=O) groups is 2. The maximum absolute atomic E-state index is 13.2. The van der Waals surface area contributed by atoms with Crippen molar-refractivity contribution in [2.45, 2.75) is 53.1 Å². The van der Waals surface area contributed by atoms with Gasteiger partial charge in [-0.15, -0.1) is 0 Å². The number of benzene rings is 2. The molecule has 0 bridgehead atoms. The molecule has 0 saturated heterocycles. The number of hydrogen-bond acceptors (Lipinski definition) is 5. The largest absolute Gasteiger partial charge is 0.497 e. The minimum Gasteiger partial charge on any atom is -0.497 e. The van der Waals surface area contributed by atoms with Crippen molar-refractivity contribution in [3.05, 3.63) is 53.6 Å². The van der Waals surface area contributed by atoms with Crippen molar-refractivity contribution in [1.29, 1.82) is 0 Å². The summed E-state index contributed by atoms with van der Waals surface area (Å²) in [5.41, 5.74) is 1.91. The minimum atomic E-state index is -0.584. The second kappa shape index (κ2) is 13.4. The molecule has 33 heavy (non-hydrogen) atoms. The van der Waals surface area contributed by atoms with Crippen molar-refractivity contribution >= 4 is 11.8 Å². The summed E-state index contributed by atoms with van der Waals surface area (Å²) in [4.78, 5) is 27.4. The smallest absolute Gasteiger partial charge is 0.242 e. The first-order valence-corrected chi connectivity index (χ1v) is 11.5. The zero-order valence-corrected chi connectivity index (χ0v) is 20.3. The average molecular weight is 457 g/mol. The third-order valence-electron chi connectivity index (χ3n) is 5.27. The Kier molecular flexibility index (Phi) is 10.5. The van der Waals surface area contributed by atoms with Crippen LogP contribution in [-0.2, 0) is 22.6 Å². The summed E-state index contributed by atoms with van der Waals surface area (Å²) < 4.78 is 16.5. The van der Waals surface area contributed by atoms with Gasteiger partial charge in [0, 0.05) is 19.5 Å². The van der Waals surface area contributed by atoms with Crippen molar-refractivity contribution in [3.63, 3.8) is 0 Å². The fourth-order valence-corrected chi connectivity index (χ4v) is 3.48. The number of carbonyl (C=O) groups excluding carboxylic acids is 2. The molecule has 0 saturated carbocycles. The van der Waals surface area contributed by atoms with Gasteiger partial charge in [0.15, 0.2) is 11.5 Å². The van der Waals surface area contributed by atoms with E-state index in [4.69, 9.17) is 14.2 Å². The predicted octanol–water partition coefficient (Wildman–Crippen LogP) is 3.98. The number of amides is 2. The summed E-state index contributed by atoms with van der Waals surface area (Å²) in [5.74, 6) is 1.86. The van der Waals surface area contributed by atoms with Crippen LogP contribution in [0.2, 0.25) is 0 Å². The zero-order chi connectivity index (χ0) is 24.2. The van der Waals surface area contributed by atoms with Gasteiger partial charge in [0.2, 0.25) is 11.8 Å². The van der Waals surface area contributed by atoms with Gasteiger partial charge < -0.3 is 24.4 Å². The van der Waals surface area contributed by atoms with Crippen LogP contribution in [0, 0.1) is 0 Å². The highest BCUT2D eigenvalue weighted by Crippen LogP contribution is 2.29. The quantitative estimate of drug-likeness (QED) is 0.493. The first-order chi connectivity index (χ1) is 15.9. The molecule has 0 aliphatic carbocycles. The second-order valence-corrected chi connectivity index (χ2v) is 7.59. The summed E-state index contributed by atoms with van der Waals surface area (Å²) in [6.07, 6.45) is 0.811. The lowest BCUT2D eigenvalue weighted by atomic mass is 10.1. The molecule has 1 unspecified atom stereocenters. The molecule has 0 heterocycles. The number of rotatable bonds is 13. The molecule has 1 atom stereocenters.